The van der Waals surface area contributed by atoms with Crippen LogP contribution in [0, 0.1) is 5.92 Å². The Morgan fingerprint density at radius 1 is 0.589 bits per heavy atom. The molecular formula is C59H81N13O17S. The van der Waals surface area contributed by atoms with E-state index in [1.807, 2.05) is 20.1 Å². The first-order valence-electron chi connectivity index (χ1n) is 29.6. The Morgan fingerprint density at radius 2 is 1.10 bits per heavy atom. The second kappa shape index (κ2) is 35.1. The highest BCUT2D eigenvalue weighted by atomic mass is 32.2. The highest BCUT2D eigenvalue weighted by Crippen LogP contribution is 2.24. The number of benzene rings is 2. The van der Waals surface area contributed by atoms with Crippen molar-refractivity contribution in [2.75, 3.05) is 31.6 Å². The number of nitrogens with two attached hydrogens (primary N) is 2. The van der Waals surface area contributed by atoms with E-state index in [2.05, 4.69) is 47.9 Å². The van der Waals surface area contributed by atoms with E-state index in [1.54, 1.807) is 60.7 Å². The minimum absolute atomic E-state index is 0.0508. The van der Waals surface area contributed by atoms with E-state index in [4.69, 9.17) is 11.5 Å². The number of likely N-dealkylation sites (tertiary alicyclic amines) is 2. The van der Waals surface area contributed by atoms with Crippen LogP contribution in [0.2, 0.25) is 0 Å². The molecule has 90 heavy (non-hydrogen) atoms. The van der Waals surface area contributed by atoms with Gasteiger partial charge in [0.15, 0.2) is 0 Å². The molecule has 0 saturated carbocycles. The summed E-state index contributed by atoms with van der Waals surface area (Å²) < 4.78 is 0. The van der Waals surface area contributed by atoms with Crippen molar-refractivity contribution in [3.63, 3.8) is 0 Å². The van der Waals surface area contributed by atoms with E-state index in [9.17, 15) is 82.1 Å². The van der Waals surface area contributed by atoms with Gasteiger partial charge >= 0.3 is 11.9 Å². The fraction of sp³-hybridized carbons (Fsp3) is 0.542. The lowest BCUT2D eigenvalue weighted by Crippen LogP contribution is -2.60. The minimum atomic E-state index is -1.99. The summed E-state index contributed by atoms with van der Waals surface area (Å²) in [6.45, 7) is 2.99. The molecule has 31 heteroatoms. The summed E-state index contributed by atoms with van der Waals surface area (Å²) in [4.78, 5) is 202. The highest BCUT2D eigenvalue weighted by Gasteiger charge is 2.44. The quantitative estimate of drug-likeness (QED) is 0.0322. The molecule has 3 aliphatic heterocycles. The van der Waals surface area contributed by atoms with Crippen LogP contribution in [0.3, 0.4) is 0 Å². The van der Waals surface area contributed by atoms with Gasteiger partial charge in [-0.2, -0.15) is 11.8 Å². The Balaban J connectivity index is 1.32. The van der Waals surface area contributed by atoms with Crippen molar-refractivity contribution < 1.29 is 82.1 Å². The molecular weight excluding hydrogens is 1190 g/mol. The summed E-state index contributed by atoms with van der Waals surface area (Å²) in [6.07, 6.45) is -0.391. The first-order valence-corrected chi connectivity index (χ1v) is 31.0. The summed E-state index contributed by atoms with van der Waals surface area (Å²) in [5.74, 6) is -13.8. The fourth-order valence-electron chi connectivity index (χ4n) is 10.6. The maximum absolute atomic E-state index is 14.6. The standard InChI is InChI=1S/C59H81N13O17S/c1-32(2)26-38(53(83)65-35(50(61)80)22-25-90-3)64-47(75)31-62-51(81)39(27-33-12-6-4-7-13-33)67-54(84)40(28-34-14-8-5-9-15-34)68-52(82)36(19-21-48(76)77)66-55(85)41(30-49(78)79)69-56(86)43-16-11-24-72(43)59(89)42(29-45(60)73)70-57(87)44-17-10-23-71(44)58(88)37-18-20-46(74)63-37/h4-9,12-15,32,35-44H,10-11,16-31H2,1-3H3,(H2,60,73)(H2,61,80)(H,62,81)(H,63,74)(H,64,75)(H,65,83)(H,66,85)(H,67,84)(H,68,82)(H,69,86)(H,70,87)(H,76,77)(H,78,79)/t35-,36-,37-,38-,39-,40-,41-,42-,43-,44-/m0/s1. The van der Waals surface area contributed by atoms with E-state index >= 15 is 0 Å². The zero-order chi connectivity index (χ0) is 66.2. The highest BCUT2D eigenvalue weighted by molar-refractivity contribution is 7.98. The third-order valence-corrected chi connectivity index (χ3v) is 15.8. The molecule has 0 aromatic heterocycles. The number of rotatable bonds is 35. The number of primary amides is 2. The molecule has 0 bridgehead atoms. The van der Waals surface area contributed by atoms with E-state index < -0.39 is 175 Å². The van der Waals surface area contributed by atoms with Crippen molar-refractivity contribution in [2.24, 2.45) is 17.4 Å². The van der Waals surface area contributed by atoms with Gasteiger partial charge in [-0.05, 0) is 80.4 Å². The average Bonchev–Trinajstić information content (AvgIpc) is 1.79. The molecule has 5 rings (SSSR count). The van der Waals surface area contributed by atoms with Gasteiger partial charge in [-0.3, -0.25) is 71.9 Å². The number of hydrogen-bond donors (Lipinski definition) is 13. The van der Waals surface area contributed by atoms with Crippen molar-refractivity contribution in [1.82, 2.24) is 57.7 Å². The molecule has 3 fully saturated rings. The number of hydrogen-bond acceptors (Lipinski definition) is 16. The fourth-order valence-corrected chi connectivity index (χ4v) is 11.1. The summed E-state index contributed by atoms with van der Waals surface area (Å²) in [6, 6.07) is 2.60. The molecule has 10 atom stereocenters. The summed E-state index contributed by atoms with van der Waals surface area (Å²) >= 11 is 1.44. The summed E-state index contributed by atoms with van der Waals surface area (Å²) in [7, 11) is 0. The lowest BCUT2D eigenvalue weighted by molar-refractivity contribution is -0.145. The van der Waals surface area contributed by atoms with Gasteiger partial charge in [0.25, 0.3) is 0 Å². The normalized spacial score (nSPS) is 18.4. The van der Waals surface area contributed by atoms with Gasteiger partial charge < -0.3 is 79.3 Å². The van der Waals surface area contributed by atoms with Crippen LogP contribution in [0.25, 0.3) is 0 Å². The second-order valence-corrected chi connectivity index (χ2v) is 23.6. The van der Waals surface area contributed by atoms with Crippen LogP contribution in [-0.4, -0.2) is 201 Å². The van der Waals surface area contributed by atoms with Crippen molar-refractivity contribution >= 4 is 100 Å². The average molecular weight is 1280 g/mol. The lowest BCUT2D eigenvalue weighted by atomic mass is 10.0. The van der Waals surface area contributed by atoms with E-state index in [0.29, 0.717) is 23.3 Å². The van der Waals surface area contributed by atoms with Gasteiger partial charge in [-0.25, -0.2) is 0 Å². The zero-order valence-electron chi connectivity index (χ0n) is 50.3. The Hall–Kier alpha value is -9.16. The second-order valence-electron chi connectivity index (χ2n) is 22.6. The number of amides is 13. The van der Waals surface area contributed by atoms with Crippen LogP contribution in [0.15, 0.2) is 60.7 Å². The summed E-state index contributed by atoms with van der Waals surface area (Å²) in [5.41, 5.74) is 12.1. The third-order valence-electron chi connectivity index (χ3n) is 15.2. The predicted octanol–water partition coefficient (Wildman–Crippen LogP) is -3.26. The minimum Gasteiger partial charge on any atom is -0.481 e. The van der Waals surface area contributed by atoms with Crippen LogP contribution in [-0.2, 0) is 84.8 Å². The smallest absolute Gasteiger partial charge is 0.305 e. The molecule has 15 N–H and O–H groups in total. The SMILES string of the molecule is CSCC[C@H](NC(=O)[C@H](CC(C)C)NC(=O)CNC(=O)[C@H](Cc1ccccc1)NC(=O)[C@H](Cc1ccccc1)NC(=O)[C@H](CCC(=O)O)NC(=O)[C@H](CC(=O)O)NC(=O)[C@@H]1CCCN1C(=O)[C@H](CC(N)=O)NC(=O)[C@@H]1CCCN1C(=O)[C@@H]1CCC(=O)N1)C(N)=O. The monoisotopic (exact) mass is 1280 g/mol. The Kier molecular flexibility index (Phi) is 28.0. The number of carbonyl (C=O) groups is 15. The predicted molar refractivity (Wildman–Crippen MR) is 322 cm³/mol. The van der Waals surface area contributed by atoms with Crippen molar-refractivity contribution in [3.05, 3.63) is 71.8 Å². The van der Waals surface area contributed by atoms with Gasteiger partial charge in [0.05, 0.1) is 19.4 Å². The molecule has 2 aromatic carbocycles. The molecule has 3 aliphatic rings. The van der Waals surface area contributed by atoms with Crippen molar-refractivity contribution in [2.45, 2.75) is 164 Å². The van der Waals surface area contributed by atoms with E-state index in [-0.39, 0.29) is 82.7 Å². The van der Waals surface area contributed by atoms with Crippen molar-refractivity contribution in [3.8, 4) is 0 Å². The van der Waals surface area contributed by atoms with E-state index in [1.165, 1.54) is 16.7 Å². The number of carbonyl (C=O) groups excluding carboxylic acids is 13. The first-order chi connectivity index (χ1) is 42.7. The van der Waals surface area contributed by atoms with Crippen molar-refractivity contribution in [1.29, 1.82) is 0 Å². The number of thioether (sulfide) groups is 1. The molecule has 0 aliphatic carbocycles. The van der Waals surface area contributed by atoms with Crippen LogP contribution in [0.5, 0.6) is 0 Å². The maximum atomic E-state index is 14.6. The van der Waals surface area contributed by atoms with Gasteiger partial charge in [0.1, 0.15) is 60.4 Å². The Bertz CT molecular complexity index is 2960. The number of carboxylic acids is 2. The maximum Gasteiger partial charge on any atom is 0.305 e. The number of nitrogens with one attached hydrogen (secondary N) is 9. The first kappa shape index (κ1) is 71.6. The molecule has 0 radical (unpaired) electrons. The lowest BCUT2D eigenvalue weighted by Gasteiger charge is -2.31. The topological polar surface area (TPSA) is 463 Å². The Morgan fingerprint density at radius 3 is 1.62 bits per heavy atom. The van der Waals surface area contributed by atoms with Gasteiger partial charge in [0, 0.05) is 38.8 Å². The van der Waals surface area contributed by atoms with Crippen LogP contribution >= 0.6 is 11.8 Å². The zero-order valence-corrected chi connectivity index (χ0v) is 51.1. The van der Waals surface area contributed by atoms with E-state index in [0.717, 1.165) is 4.90 Å². The Labute approximate surface area is 523 Å². The number of aliphatic carboxylic acids is 2. The van der Waals surface area contributed by atoms with Crippen LogP contribution < -0.4 is 59.3 Å². The molecule has 2 aromatic rings. The largest absolute Gasteiger partial charge is 0.481 e. The number of nitrogens with zero attached hydrogens (tertiary/aromatic N) is 2. The van der Waals surface area contributed by atoms with Gasteiger partial charge in [-0.15, -0.1) is 0 Å². The van der Waals surface area contributed by atoms with Crippen LogP contribution in [0.1, 0.15) is 102 Å². The molecule has 3 heterocycles. The molecule has 0 spiro atoms. The van der Waals surface area contributed by atoms with Gasteiger partial charge in [0.2, 0.25) is 76.8 Å². The molecule has 30 nitrogen and oxygen atoms in total. The number of carboxylic acid groups (broad SMARTS) is 2. The molecule has 0 unspecified atom stereocenters. The van der Waals surface area contributed by atoms with Crippen LogP contribution in [0.4, 0.5) is 0 Å². The molecule has 3 saturated heterocycles. The molecule has 13 amide bonds. The van der Waals surface area contributed by atoms with Gasteiger partial charge in [-0.1, -0.05) is 74.5 Å². The third kappa shape index (κ3) is 22.5. The summed E-state index contributed by atoms with van der Waals surface area (Å²) in [5, 5.41) is 42.2. The molecule has 490 valence electrons.